The summed E-state index contributed by atoms with van der Waals surface area (Å²) in [6.45, 7) is 3.99. The van der Waals surface area contributed by atoms with Gasteiger partial charge >= 0.3 is 0 Å². The predicted molar refractivity (Wildman–Crippen MR) is 39.4 cm³/mol. The maximum atomic E-state index is 12.5. The topological polar surface area (TPSA) is 3.24 Å². The molecule has 1 aliphatic rings. The molecule has 0 bridgehead atoms. The third-order valence-corrected chi connectivity index (χ3v) is 1.69. The Morgan fingerprint density at radius 1 is 1.70 bits per heavy atom. The van der Waals surface area contributed by atoms with Crippen LogP contribution in [0.4, 0.5) is 4.39 Å². The van der Waals surface area contributed by atoms with E-state index in [1.807, 2.05) is 11.8 Å². The zero-order valence-electron chi connectivity index (χ0n) is 6.23. The van der Waals surface area contributed by atoms with Crippen LogP contribution >= 0.6 is 0 Å². The van der Waals surface area contributed by atoms with Crippen LogP contribution in [0.15, 0.2) is 0 Å². The fourth-order valence-corrected chi connectivity index (χ4v) is 1.12. The first kappa shape index (κ1) is 7.56. The molecule has 56 valence electrons. The first-order valence-electron chi connectivity index (χ1n) is 3.59. The van der Waals surface area contributed by atoms with Gasteiger partial charge < -0.3 is 0 Å². The molecule has 1 rings (SSSR count). The molecule has 0 spiro atoms. The molecule has 1 saturated heterocycles. The monoisotopic (exact) mass is 141 g/mol. The molecule has 0 aromatic carbocycles. The molecule has 1 atom stereocenters. The Morgan fingerprint density at radius 2 is 2.50 bits per heavy atom. The van der Waals surface area contributed by atoms with Crippen molar-refractivity contribution >= 4 is 0 Å². The van der Waals surface area contributed by atoms with Crippen molar-refractivity contribution in [1.82, 2.24) is 4.90 Å². The second-order valence-corrected chi connectivity index (χ2v) is 2.55. The van der Waals surface area contributed by atoms with E-state index in [0.717, 1.165) is 13.1 Å². The van der Waals surface area contributed by atoms with Crippen molar-refractivity contribution in [2.45, 2.75) is 19.5 Å². The van der Waals surface area contributed by atoms with Gasteiger partial charge in [0.15, 0.2) is 0 Å². The SMILES string of the molecule is CC#CCN1CC[C@H](F)C1. The Kier molecular flexibility index (Phi) is 2.70. The summed E-state index contributed by atoms with van der Waals surface area (Å²) >= 11 is 0. The summed E-state index contributed by atoms with van der Waals surface area (Å²) in [5.41, 5.74) is 0. The van der Waals surface area contributed by atoms with E-state index in [0.29, 0.717) is 13.0 Å². The maximum absolute atomic E-state index is 12.5. The molecule has 1 fully saturated rings. The summed E-state index contributed by atoms with van der Waals surface area (Å²) in [6, 6.07) is 0. The molecular formula is C8H12FN. The number of hydrogen-bond donors (Lipinski definition) is 0. The van der Waals surface area contributed by atoms with Gasteiger partial charge in [-0.25, -0.2) is 4.39 Å². The highest BCUT2D eigenvalue weighted by Crippen LogP contribution is 2.10. The number of halogens is 1. The van der Waals surface area contributed by atoms with Gasteiger partial charge in [0.25, 0.3) is 0 Å². The molecular weight excluding hydrogens is 129 g/mol. The van der Waals surface area contributed by atoms with Gasteiger partial charge in [-0.3, -0.25) is 4.90 Å². The third-order valence-electron chi connectivity index (χ3n) is 1.69. The van der Waals surface area contributed by atoms with E-state index in [1.165, 1.54) is 0 Å². The predicted octanol–water partition coefficient (Wildman–Crippen LogP) is 1.05. The van der Waals surface area contributed by atoms with E-state index in [4.69, 9.17) is 0 Å². The van der Waals surface area contributed by atoms with Gasteiger partial charge in [0.1, 0.15) is 6.17 Å². The lowest BCUT2D eigenvalue weighted by Gasteiger charge is -2.08. The standard InChI is InChI=1S/C8H12FN/c1-2-3-5-10-6-4-8(9)7-10/h8H,4-7H2,1H3/t8-/m0/s1. The number of likely N-dealkylation sites (tertiary alicyclic amines) is 1. The molecule has 2 heteroatoms. The lowest BCUT2D eigenvalue weighted by Crippen LogP contribution is -2.21. The number of hydrogen-bond acceptors (Lipinski definition) is 1. The third kappa shape index (κ3) is 2.00. The summed E-state index contributed by atoms with van der Waals surface area (Å²) in [4.78, 5) is 2.04. The Hall–Kier alpha value is -0.550. The fraction of sp³-hybridized carbons (Fsp3) is 0.750. The molecule has 0 aromatic rings. The van der Waals surface area contributed by atoms with Crippen molar-refractivity contribution in [2.75, 3.05) is 19.6 Å². The molecule has 0 radical (unpaired) electrons. The van der Waals surface area contributed by atoms with E-state index >= 15 is 0 Å². The van der Waals surface area contributed by atoms with Gasteiger partial charge in [-0.15, -0.1) is 5.92 Å². The molecule has 0 amide bonds. The Balaban J connectivity index is 2.22. The lowest BCUT2D eigenvalue weighted by atomic mass is 10.3. The molecule has 0 saturated carbocycles. The molecule has 0 unspecified atom stereocenters. The van der Waals surface area contributed by atoms with Gasteiger partial charge in [-0.2, -0.15) is 0 Å². The molecule has 1 nitrogen and oxygen atoms in total. The van der Waals surface area contributed by atoms with Gasteiger partial charge in [-0.05, 0) is 13.3 Å². The largest absolute Gasteiger partial charge is 0.289 e. The quantitative estimate of drug-likeness (QED) is 0.493. The van der Waals surface area contributed by atoms with Crippen LogP contribution < -0.4 is 0 Å². The minimum Gasteiger partial charge on any atom is -0.289 e. The van der Waals surface area contributed by atoms with Crippen LogP contribution in [0.25, 0.3) is 0 Å². The highest BCUT2D eigenvalue weighted by Gasteiger charge is 2.19. The first-order valence-corrected chi connectivity index (χ1v) is 3.59. The second kappa shape index (κ2) is 3.58. The van der Waals surface area contributed by atoms with Crippen LogP contribution in [-0.2, 0) is 0 Å². The molecule has 0 aromatic heterocycles. The highest BCUT2D eigenvalue weighted by molar-refractivity contribution is 4.98. The van der Waals surface area contributed by atoms with Crippen LogP contribution in [0.2, 0.25) is 0 Å². The van der Waals surface area contributed by atoms with Crippen molar-refractivity contribution in [3.05, 3.63) is 0 Å². The zero-order valence-corrected chi connectivity index (χ0v) is 6.23. The highest BCUT2D eigenvalue weighted by atomic mass is 19.1. The van der Waals surface area contributed by atoms with Crippen molar-refractivity contribution in [1.29, 1.82) is 0 Å². The lowest BCUT2D eigenvalue weighted by molar-refractivity contribution is 0.308. The van der Waals surface area contributed by atoms with Gasteiger partial charge in [0.2, 0.25) is 0 Å². The van der Waals surface area contributed by atoms with Crippen LogP contribution in [-0.4, -0.2) is 30.7 Å². The zero-order chi connectivity index (χ0) is 7.40. The molecule has 0 N–H and O–H groups in total. The van der Waals surface area contributed by atoms with Gasteiger partial charge in [0.05, 0.1) is 6.54 Å². The summed E-state index contributed by atoms with van der Waals surface area (Å²) < 4.78 is 12.5. The van der Waals surface area contributed by atoms with E-state index in [2.05, 4.69) is 11.8 Å². The number of alkyl halides is 1. The Morgan fingerprint density at radius 3 is 3.00 bits per heavy atom. The normalized spacial score (nSPS) is 26.0. The average molecular weight is 141 g/mol. The van der Waals surface area contributed by atoms with Gasteiger partial charge in [0, 0.05) is 13.1 Å². The Bertz CT molecular complexity index is 156. The Labute approximate surface area is 61.2 Å². The summed E-state index contributed by atoms with van der Waals surface area (Å²) in [7, 11) is 0. The van der Waals surface area contributed by atoms with Crippen molar-refractivity contribution in [3.63, 3.8) is 0 Å². The van der Waals surface area contributed by atoms with Crippen molar-refractivity contribution in [2.24, 2.45) is 0 Å². The average Bonchev–Trinajstić information content (AvgIpc) is 2.31. The van der Waals surface area contributed by atoms with E-state index in [9.17, 15) is 4.39 Å². The van der Waals surface area contributed by atoms with E-state index < -0.39 is 6.17 Å². The summed E-state index contributed by atoms with van der Waals surface area (Å²) in [5.74, 6) is 5.72. The van der Waals surface area contributed by atoms with E-state index in [-0.39, 0.29) is 0 Å². The fourth-order valence-electron chi connectivity index (χ4n) is 1.12. The smallest absolute Gasteiger partial charge is 0.114 e. The van der Waals surface area contributed by atoms with Crippen LogP contribution in [0.1, 0.15) is 13.3 Å². The number of rotatable bonds is 1. The minimum absolute atomic E-state index is 0.578. The first-order chi connectivity index (χ1) is 4.83. The molecule has 10 heavy (non-hydrogen) atoms. The molecule has 1 aliphatic heterocycles. The van der Waals surface area contributed by atoms with Crippen LogP contribution in [0.3, 0.4) is 0 Å². The van der Waals surface area contributed by atoms with Gasteiger partial charge in [-0.1, -0.05) is 5.92 Å². The van der Waals surface area contributed by atoms with E-state index in [1.54, 1.807) is 0 Å². The summed E-state index contributed by atoms with van der Waals surface area (Å²) in [5, 5.41) is 0. The van der Waals surface area contributed by atoms with Crippen molar-refractivity contribution < 1.29 is 4.39 Å². The van der Waals surface area contributed by atoms with Crippen molar-refractivity contribution in [3.8, 4) is 11.8 Å². The van der Waals surface area contributed by atoms with Crippen LogP contribution in [0, 0.1) is 11.8 Å². The maximum Gasteiger partial charge on any atom is 0.114 e. The van der Waals surface area contributed by atoms with Crippen LogP contribution in [0.5, 0.6) is 0 Å². The second-order valence-electron chi connectivity index (χ2n) is 2.55. The summed E-state index contributed by atoms with van der Waals surface area (Å²) in [6.07, 6.45) is 0.0736. The molecule has 1 heterocycles. The number of nitrogens with zero attached hydrogens (tertiary/aromatic N) is 1. The molecule has 0 aliphatic carbocycles. The minimum atomic E-state index is -0.612.